The number of rotatable bonds is 4. The van der Waals surface area contributed by atoms with E-state index < -0.39 is 10.0 Å². The maximum Gasteiger partial charge on any atom is 0.236 e. The lowest BCUT2D eigenvalue weighted by atomic mass is 10.1. The SMILES string of the molecule is Cc1cccc(CS(=O)(=O)Nc2ccc3c(c2)CCCO3)c1. The molecule has 3 rings (SSSR count). The second-order valence-corrected chi connectivity index (χ2v) is 7.35. The van der Waals surface area contributed by atoms with Crippen molar-refractivity contribution in [2.75, 3.05) is 11.3 Å². The van der Waals surface area contributed by atoms with Crippen LogP contribution >= 0.6 is 0 Å². The number of nitrogens with one attached hydrogen (secondary N) is 1. The number of ether oxygens (including phenoxy) is 1. The molecular weight excluding hydrogens is 298 g/mol. The van der Waals surface area contributed by atoms with E-state index in [1.165, 1.54) is 0 Å². The smallest absolute Gasteiger partial charge is 0.236 e. The molecule has 1 N–H and O–H groups in total. The van der Waals surface area contributed by atoms with E-state index in [0.29, 0.717) is 5.69 Å². The molecule has 0 fully saturated rings. The van der Waals surface area contributed by atoms with Crippen LogP contribution < -0.4 is 9.46 Å². The lowest BCUT2D eigenvalue weighted by Gasteiger charge is -2.18. The van der Waals surface area contributed by atoms with Crippen molar-refractivity contribution in [3.63, 3.8) is 0 Å². The molecule has 1 aliphatic rings. The number of sulfonamides is 1. The largest absolute Gasteiger partial charge is 0.493 e. The van der Waals surface area contributed by atoms with Crippen LogP contribution in [0, 0.1) is 6.92 Å². The minimum Gasteiger partial charge on any atom is -0.493 e. The highest BCUT2D eigenvalue weighted by Crippen LogP contribution is 2.28. The van der Waals surface area contributed by atoms with Gasteiger partial charge in [0.05, 0.1) is 12.4 Å². The molecule has 0 aromatic heterocycles. The number of benzene rings is 2. The molecule has 0 saturated heterocycles. The third-order valence-electron chi connectivity index (χ3n) is 3.62. The van der Waals surface area contributed by atoms with E-state index in [4.69, 9.17) is 4.74 Å². The molecule has 0 atom stereocenters. The van der Waals surface area contributed by atoms with E-state index in [1.807, 2.05) is 43.3 Å². The van der Waals surface area contributed by atoms with Crippen LogP contribution in [0.3, 0.4) is 0 Å². The second-order valence-electron chi connectivity index (χ2n) is 5.62. The Hall–Kier alpha value is -2.01. The van der Waals surface area contributed by atoms with Gasteiger partial charge in [-0.3, -0.25) is 4.72 Å². The molecule has 0 amide bonds. The monoisotopic (exact) mass is 317 g/mol. The summed E-state index contributed by atoms with van der Waals surface area (Å²) in [4.78, 5) is 0. The van der Waals surface area contributed by atoms with Gasteiger partial charge < -0.3 is 4.74 Å². The summed E-state index contributed by atoms with van der Waals surface area (Å²) >= 11 is 0. The fourth-order valence-electron chi connectivity index (χ4n) is 2.66. The second kappa shape index (κ2) is 6.01. The van der Waals surface area contributed by atoms with Crippen molar-refractivity contribution in [1.29, 1.82) is 0 Å². The van der Waals surface area contributed by atoms with Gasteiger partial charge in [-0.2, -0.15) is 0 Å². The Balaban J connectivity index is 1.76. The Morgan fingerprint density at radius 1 is 1.18 bits per heavy atom. The van der Waals surface area contributed by atoms with Crippen LogP contribution in [0.15, 0.2) is 42.5 Å². The van der Waals surface area contributed by atoms with Crippen molar-refractivity contribution in [1.82, 2.24) is 0 Å². The van der Waals surface area contributed by atoms with Crippen molar-refractivity contribution in [3.05, 3.63) is 59.2 Å². The molecular formula is C17H19NO3S. The normalized spacial score (nSPS) is 14.0. The molecule has 4 nitrogen and oxygen atoms in total. The van der Waals surface area contributed by atoms with Crippen LogP contribution in [0.2, 0.25) is 0 Å². The fourth-order valence-corrected chi connectivity index (χ4v) is 3.84. The Kier molecular flexibility index (Phi) is 4.07. The molecule has 1 aliphatic heterocycles. The van der Waals surface area contributed by atoms with Gasteiger partial charge in [0.1, 0.15) is 5.75 Å². The van der Waals surface area contributed by atoms with Crippen molar-refractivity contribution in [2.45, 2.75) is 25.5 Å². The molecule has 0 radical (unpaired) electrons. The summed E-state index contributed by atoms with van der Waals surface area (Å²) in [7, 11) is -3.42. The molecule has 0 saturated carbocycles. The minimum absolute atomic E-state index is 0.0255. The molecule has 0 aliphatic carbocycles. The zero-order valence-corrected chi connectivity index (χ0v) is 13.3. The number of aryl methyl sites for hydroxylation is 2. The fraction of sp³-hybridized carbons (Fsp3) is 0.294. The zero-order valence-electron chi connectivity index (χ0n) is 12.5. The summed E-state index contributed by atoms with van der Waals surface area (Å²) in [6.07, 6.45) is 1.88. The number of hydrogen-bond donors (Lipinski definition) is 1. The first-order valence-electron chi connectivity index (χ1n) is 7.34. The van der Waals surface area contributed by atoms with Crippen molar-refractivity contribution in [3.8, 4) is 5.75 Å². The summed E-state index contributed by atoms with van der Waals surface area (Å²) in [5.41, 5.74) is 3.49. The van der Waals surface area contributed by atoms with Gasteiger partial charge in [-0.25, -0.2) is 8.42 Å². The Labute approximate surface area is 131 Å². The third kappa shape index (κ3) is 3.60. The highest BCUT2D eigenvalue weighted by atomic mass is 32.2. The van der Waals surface area contributed by atoms with E-state index in [2.05, 4.69) is 4.72 Å². The van der Waals surface area contributed by atoms with Crippen LogP contribution in [0.4, 0.5) is 5.69 Å². The van der Waals surface area contributed by atoms with Crippen LogP contribution in [0.1, 0.15) is 23.1 Å². The van der Waals surface area contributed by atoms with Gasteiger partial charge >= 0.3 is 0 Å². The van der Waals surface area contributed by atoms with Crippen LogP contribution in [-0.4, -0.2) is 15.0 Å². The van der Waals surface area contributed by atoms with Gasteiger partial charge in [0.15, 0.2) is 0 Å². The third-order valence-corrected chi connectivity index (χ3v) is 4.88. The molecule has 2 aromatic carbocycles. The van der Waals surface area contributed by atoms with Gasteiger partial charge in [-0.1, -0.05) is 29.8 Å². The predicted octanol–water partition coefficient (Wildman–Crippen LogP) is 3.26. The molecule has 0 spiro atoms. The summed E-state index contributed by atoms with van der Waals surface area (Å²) < 4.78 is 32.8. The molecule has 2 aromatic rings. The van der Waals surface area contributed by atoms with Crippen molar-refractivity contribution in [2.24, 2.45) is 0 Å². The first-order chi connectivity index (χ1) is 10.5. The topological polar surface area (TPSA) is 55.4 Å². The molecule has 22 heavy (non-hydrogen) atoms. The molecule has 5 heteroatoms. The number of anilines is 1. The van der Waals surface area contributed by atoms with Gasteiger partial charge in [-0.15, -0.1) is 0 Å². The molecule has 116 valence electrons. The average Bonchev–Trinajstić information content (AvgIpc) is 2.46. The van der Waals surface area contributed by atoms with Crippen molar-refractivity contribution >= 4 is 15.7 Å². The Morgan fingerprint density at radius 2 is 2.05 bits per heavy atom. The summed E-state index contributed by atoms with van der Waals surface area (Å²) in [6.45, 7) is 2.68. The minimum atomic E-state index is -3.42. The highest BCUT2D eigenvalue weighted by Gasteiger charge is 2.15. The quantitative estimate of drug-likeness (QED) is 0.941. The summed E-state index contributed by atoms with van der Waals surface area (Å²) in [6, 6.07) is 13.0. The predicted molar refractivity (Wildman–Crippen MR) is 87.7 cm³/mol. The van der Waals surface area contributed by atoms with Gasteiger partial charge in [0.25, 0.3) is 0 Å². The van der Waals surface area contributed by atoms with Crippen molar-refractivity contribution < 1.29 is 13.2 Å². The van der Waals surface area contributed by atoms with Gasteiger partial charge in [0.2, 0.25) is 10.0 Å². The lowest BCUT2D eigenvalue weighted by Crippen LogP contribution is -2.16. The number of fused-ring (bicyclic) bond motifs is 1. The maximum absolute atomic E-state index is 12.3. The van der Waals surface area contributed by atoms with Crippen LogP contribution in [-0.2, 0) is 22.2 Å². The summed E-state index contributed by atoms with van der Waals surface area (Å²) in [5.74, 6) is 0.829. The first-order valence-corrected chi connectivity index (χ1v) is 8.99. The molecule has 0 bridgehead atoms. The van der Waals surface area contributed by atoms with E-state index in [9.17, 15) is 8.42 Å². The van der Waals surface area contributed by atoms with Gasteiger partial charge in [-0.05, 0) is 49.1 Å². The van der Waals surface area contributed by atoms with E-state index >= 15 is 0 Å². The lowest BCUT2D eigenvalue weighted by molar-refractivity contribution is 0.288. The zero-order chi connectivity index (χ0) is 15.6. The maximum atomic E-state index is 12.3. The van der Waals surface area contributed by atoms with Crippen LogP contribution in [0.25, 0.3) is 0 Å². The first kappa shape index (κ1) is 14.9. The molecule has 1 heterocycles. The molecule has 0 unspecified atom stereocenters. The standard InChI is InChI=1S/C17H19NO3S/c1-13-4-2-5-14(10-13)12-22(19,20)18-16-7-8-17-15(11-16)6-3-9-21-17/h2,4-5,7-8,10-11,18H,3,6,9,12H2,1H3. The van der Waals surface area contributed by atoms with Crippen LogP contribution in [0.5, 0.6) is 5.75 Å². The van der Waals surface area contributed by atoms with E-state index in [-0.39, 0.29) is 5.75 Å². The Morgan fingerprint density at radius 3 is 2.86 bits per heavy atom. The summed E-state index contributed by atoms with van der Waals surface area (Å²) in [5, 5.41) is 0. The Bertz CT molecular complexity index is 784. The average molecular weight is 317 g/mol. The van der Waals surface area contributed by atoms with E-state index in [1.54, 1.807) is 6.07 Å². The van der Waals surface area contributed by atoms with Gasteiger partial charge in [0, 0.05) is 5.69 Å². The number of hydrogen-bond acceptors (Lipinski definition) is 3. The highest BCUT2D eigenvalue weighted by molar-refractivity contribution is 7.91. The van der Waals surface area contributed by atoms with E-state index in [0.717, 1.165) is 41.9 Å².